The Morgan fingerprint density at radius 1 is 1.04 bits per heavy atom. The summed E-state index contributed by atoms with van der Waals surface area (Å²) in [5.74, 6) is 0.914. The van der Waals surface area contributed by atoms with E-state index >= 15 is 0 Å². The molecule has 2 rings (SSSR count). The molecule has 0 saturated carbocycles. The molecule has 0 aliphatic rings. The smallest absolute Gasteiger partial charge is 0.244 e. The van der Waals surface area contributed by atoms with Gasteiger partial charge in [0.2, 0.25) is 10.0 Å². The van der Waals surface area contributed by atoms with Crippen LogP contribution in [0.4, 0.5) is 0 Å². The third-order valence-corrected chi connectivity index (χ3v) is 5.41. The molecule has 124 valence electrons. The zero-order valence-electron chi connectivity index (χ0n) is 13.0. The van der Waals surface area contributed by atoms with E-state index in [2.05, 4.69) is 20.7 Å². The monoisotopic (exact) mass is 399 g/mol. The van der Waals surface area contributed by atoms with E-state index in [9.17, 15) is 8.42 Å². The molecule has 0 aromatic heterocycles. The van der Waals surface area contributed by atoms with E-state index in [0.29, 0.717) is 10.2 Å². The number of halogens is 1. The van der Waals surface area contributed by atoms with Gasteiger partial charge in [0.15, 0.2) is 0 Å². The SMILES string of the molecule is COc1ccccc1[C@H](C)NS(=O)(=O)c1cc(Br)ccc1OC. The van der Waals surface area contributed by atoms with Crippen LogP contribution in [0.3, 0.4) is 0 Å². The fourth-order valence-corrected chi connectivity index (χ4v) is 4.17. The maximum Gasteiger partial charge on any atom is 0.244 e. The Morgan fingerprint density at radius 3 is 2.35 bits per heavy atom. The van der Waals surface area contributed by atoms with E-state index in [-0.39, 0.29) is 10.6 Å². The van der Waals surface area contributed by atoms with Crippen molar-refractivity contribution in [3.8, 4) is 11.5 Å². The fraction of sp³-hybridized carbons (Fsp3) is 0.250. The van der Waals surface area contributed by atoms with Gasteiger partial charge in [0.25, 0.3) is 0 Å². The van der Waals surface area contributed by atoms with E-state index in [1.54, 1.807) is 32.2 Å². The molecule has 1 N–H and O–H groups in total. The predicted molar refractivity (Wildman–Crippen MR) is 92.4 cm³/mol. The highest BCUT2D eigenvalue weighted by molar-refractivity contribution is 9.10. The third-order valence-electron chi connectivity index (χ3n) is 3.35. The van der Waals surface area contributed by atoms with Gasteiger partial charge in [-0.25, -0.2) is 13.1 Å². The lowest BCUT2D eigenvalue weighted by Crippen LogP contribution is -2.27. The number of methoxy groups -OCH3 is 2. The van der Waals surface area contributed by atoms with Crippen molar-refractivity contribution in [3.63, 3.8) is 0 Å². The van der Waals surface area contributed by atoms with Crippen molar-refractivity contribution in [3.05, 3.63) is 52.5 Å². The van der Waals surface area contributed by atoms with Crippen LogP contribution >= 0.6 is 15.9 Å². The van der Waals surface area contributed by atoms with Gasteiger partial charge in [-0.05, 0) is 31.2 Å². The summed E-state index contributed by atoms with van der Waals surface area (Å²) in [4.78, 5) is 0.0797. The molecule has 7 heteroatoms. The number of ether oxygens (including phenoxy) is 2. The molecule has 0 aliphatic carbocycles. The minimum atomic E-state index is -3.76. The second-order valence-corrected chi connectivity index (χ2v) is 7.48. The van der Waals surface area contributed by atoms with Gasteiger partial charge in [0.1, 0.15) is 16.4 Å². The molecular weight excluding hydrogens is 382 g/mol. The highest BCUT2D eigenvalue weighted by atomic mass is 79.9. The molecule has 0 amide bonds. The lowest BCUT2D eigenvalue weighted by molar-refractivity contribution is 0.400. The summed E-state index contributed by atoms with van der Waals surface area (Å²) in [6.45, 7) is 1.76. The molecule has 23 heavy (non-hydrogen) atoms. The quantitative estimate of drug-likeness (QED) is 0.806. The zero-order valence-corrected chi connectivity index (χ0v) is 15.4. The Hall–Kier alpha value is -1.57. The minimum Gasteiger partial charge on any atom is -0.496 e. The van der Waals surface area contributed by atoms with Crippen molar-refractivity contribution in [2.75, 3.05) is 14.2 Å². The second-order valence-electron chi connectivity index (χ2n) is 4.88. The van der Waals surface area contributed by atoms with Crippen molar-refractivity contribution in [2.24, 2.45) is 0 Å². The number of hydrogen-bond donors (Lipinski definition) is 1. The largest absolute Gasteiger partial charge is 0.496 e. The number of sulfonamides is 1. The van der Waals surface area contributed by atoms with Gasteiger partial charge in [0.05, 0.1) is 14.2 Å². The lowest BCUT2D eigenvalue weighted by Gasteiger charge is -2.18. The van der Waals surface area contributed by atoms with Crippen LogP contribution in [0, 0.1) is 0 Å². The number of benzene rings is 2. The van der Waals surface area contributed by atoms with Crippen LogP contribution < -0.4 is 14.2 Å². The summed E-state index contributed by atoms with van der Waals surface area (Å²) in [6.07, 6.45) is 0. The molecule has 2 aromatic rings. The van der Waals surface area contributed by atoms with E-state index in [0.717, 1.165) is 5.56 Å². The van der Waals surface area contributed by atoms with Crippen molar-refractivity contribution in [1.82, 2.24) is 4.72 Å². The summed E-state index contributed by atoms with van der Waals surface area (Å²) in [5.41, 5.74) is 0.757. The van der Waals surface area contributed by atoms with Crippen molar-refractivity contribution in [1.29, 1.82) is 0 Å². The fourth-order valence-electron chi connectivity index (χ4n) is 2.24. The molecular formula is C16H18BrNO4S. The molecule has 0 spiro atoms. The van der Waals surface area contributed by atoms with Gasteiger partial charge in [-0.2, -0.15) is 0 Å². The molecule has 0 saturated heterocycles. The van der Waals surface area contributed by atoms with Crippen LogP contribution in [0.1, 0.15) is 18.5 Å². The maximum atomic E-state index is 12.7. The molecule has 2 aromatic carbocycles. The van der Waals surface area contributed by atoms with E-state index in [1.165, 1.54) is 13.2 Å². The minimum absolute atomic E-state index is 0.0797. The molecule has 0 heterocycles. The Labute approximate surface area is 144 Å². The van der Waals surface area contributed by atoms with Crippen LogP contribution in [-0.4, -0.2) is 22.6 Å². The van der Waals surface area contributed by atoms with Crippen molar-refractivity contribution >= 4 is 26.0 Å². The molecule has 0 unspecified atom stereocenters. The molecule has 0 bridgehead atoms. The average molecular weight is 400 g/mol. The Kier molecular flexibility index (Phi) is 5.67. The summed E-state index contributed by atoms with van der Waals surface area (Å²) < 4.78 is 39.1. The first-order valence-electron chi connectivity index (χ1n) is 6.88. The summed E-state index contributed by atoms with van der Waals surface area (Å²) in [6, 6.07) is 11.7. The Bertz CT molecular complexity index is 792. The molecule has 5 nitrogen and oxygen atoms in total. The van der Waals surface area contributed by atoms with Crippen LogP contribution in [0.25, 0.3) is 0 Å². The molecule has 1 atom stereocenters. The second kappa shape index (κ2) is 7.33. The zero-order chi connectivity index (χ0) is 17.0. The van der Waals surface area contributed by atoms with Gasteiger partial charge in [-0.15, -0.1) is 0 Å². The highest BCUT2D eigenvalue weighted by Gasteiger charge is 2.24. The first-order chi connectivity index (χ1) is 10.9. The summed E-state index contributed by atoms with van der Waals surface area (Å²) in [5, 5.41) is 0. The first-order valence-corrected chi connectivity index (χ1v) is 9.15. The topological polar surface area (TPSA) is 64.6 Å². The maximum absolute atomic E-state index is 12.7. The van der Waals surface area contributed by atoms with Gasteiger partial charge >= 0.3 is 0 Å². The molecule has 0 radical (unpaired) electrons. The lowest BCUT2D eigenvalue weighted by atomic mass is 10.1. The van der Waals surface area contributed by atoms with Crippen molar-refractivity contribution < 1.29 is 17.9 Å². The van der Waals surface area contributed by atoms with E-state index in [4.69, 9.17) is 9.47 Å². The van der Waals surface area contributed by atoms with Crippen molar-refractivity contribution in [2.45, 2.75) is 17.9 Å². The Balaban J connectivity index is 2.36. The standard InChI is InChI=1S/C16H18BrNO4S/c1-11(13-6-4-5-7-14(13)21-2)18-23(19,20)16-10-12(17)8-9-15(16)22-3/h4-11,18H,1-3H3/t11-/m0/s1. The Morgan fingerprint density at radius 2 is 1.70 bits per heavy atom. The summed E-state index contributed by atoms with van der Waals surface area (Å²) in [7, 11) is -0.769. The van der Waals surface area contributed by atoms with E-state index in [1.807, 2.05) is 18.2 Å². The first kappa shape index (κ1) is 17.8. The molecule has 0 fully saturated rings. The van der Waals surface area contributed by atoms with Crippen LogP contribution in [-0.2, 0) is 10.0 Å². The number of para-hydroxylation sites is 1. The van der Waals surface area contributed by atoms with Gasteiger partial charge in [-0.3, -0.25) is 0 Å². The normalized spacial score (nSPS) is 12.7. The van der Waals surface area contributed by atoms with Gasteiger partial charge in [0, 0.05) is 16.1 Å². The number of hydrogen-bond acceptors (Lipinski definition) is 4. The summed E-state index contributed by atoms with van der Waals surface area (Å²) >= 11 is 3.28. The molecule has 0 aliphatic heterocycles. The average Bonchev–Trinajstić information content (AvgIpc) is 2.54. The number of nitrogens with one attached hydrogen (secondary N) is 1. The third kappa shape index (κ3) is 4.04. The number of rotatable bonds is 6. The van der Waals surface area contributed by atoms with Gasteiger partial charge < -0.3 is 9.47 Å². The van der Waals surface area contributed by atoms with E-state index < -0.39 is 16.1 Å². The van der Waals surface area contributed by atoms with Crippen LogP contribution in [0.15, 0.2) is 51.8 Å². The van der Waals surface area contributed by atoms with Crippen LogP contribution in [0.5, 0.6) is 11.5 Å². The highest BCUT2D eigenvalue weighted by Crippen LogP contribution is 2.30. The van der Waals surface area contributed by atoms with Crippen LogP contribution in [0.2, 0.25) is 0 Å². The van der Waals surface area contributed by atoms with Gasteiger partial charge in [-0.1, -0.05) is 34.1 Å². The predicted octanol–water partition coefficient (Wildman–Crippen LogP) is 3.51.